The second kappa shape index (κ2) is 6.15. The molecule has 0 amide bonds. The molecule has 1 aromatic rings. The van der Waals surface area contributed by atoms with E-state index in [2.05, 4.69) is 4.98 Å². The summed E-state index contributed by atoms with van der Waals surface area (Å²) in [5.41, 5.74) is 0. The van der Waals surface area contributed by atoms with Crippen molar-refractivity contribution < 1.29 is 17.9 Å². The van der Waals surface area contributed by atoms with E-state index in [1.807, 2.05) is 0 Å². The largest absolute Gasteiger partial charge is 0.466 e. The summed E-state index contributed by atoms with van der Waals surface area (Å²) < 4.78 is 33.1. The maximum absolute atomic E-state index is 12.6. The lowest BCUT2D eigenvalue weighted by molar-refractivity contribution is -0.149. The number of hydrogen-bond acceptors (Lipinski definition) is 5. The molecule has 0 bridgehead atoms. The molecular formula is C13H21N3O4S. The minimum absolute atomic E-state index is 0.0343. The number of piperidine rings is 1. The lowest BCUT2D eigenvalue weighted by Gasteiger charge is -2.29. The summed E-state index contributed by atoms with van der Waals surface area (Å²) in [7, 11) is -1.90. The number of ether oxygens (including phenoxy) is 1. The average Bonchev–Trinajstić information content (AvgIpc) is 2.80. The Bertz CT molecular complexity index is 604. The Morgan fingerprint density at radius 1 is 1.52 bits per heavy atom. The summed E-state index contributed by atoms with van der Waals surface area (Å²) in [6, 6.07) is 0. The minimum Gasteiger partial charge on any atom is -0.466 e. The van der Waals surface area contributed by atoms with E-state index in [4.69, 9.17) is 4.74 Å². The van der Waals surface area contributed by atoms with Crippen molar-refractivity contribution in [3.05, 3.63) is 12.0 Å². The molecule has 0 N–H and O–H groups in total. The van der Waals surface area contributed by atoms with E-state index in [9.17, 15) is 13.2 Å². The van der Waals surface area contributed by atoms with Crippen LogP contribution in [0.3, 0.4) is 0 Å². The van der Waals surface area contributed by atoms with Gasteiger partial charge < -0.3 is 9.30 Å². The Morgan fingerprint density at radius 2 is 2.24 bits per heavy atom. The molecule has 118 valence electrons. The van der Waals surface area contributed by atoms with Gasteiger partial charge in [0, 0.05) is 26.3 Å². The van der Waals surface area contributed by atoms with Crippen molar-refractivity contribution in [3.8, 4) is 0 Å². The number of esters is 1. The van der Waals surface area contributed by atoms with Crippen LogP contribution in [0.25, 0.3) is 0 Å². The van der Waals surface area contributed by atoms with Crippen LogP contribution in [0.4, 0.5) is 0 Å². The van der Waals surface area contributed by atoms with Gasteiger partial charge in [-0.15, -0.1) is 0 Å². The van der Waals surface area contributed by atoms with E-state index in [0.717, 1.165) is 0 Å². The van der Waals surface area contributed by atoms with E-state index >= 15 is 0 Å². The Morgan fingerprint density at radius 3 is 2.81 bits per heavy atom. The third kappa shape index (κ3) is 3.26. The SMILES string of the molecule is CCOC(=O)C1CCCN(S(=O)(=O)c2cn(C)c(C)n2)C1. The Hall–Kier alpha value is -1.41. The Kier molecular flexibility index (Phi) is 4.67. The predicted molar refractivity (Wildman–Crippen MR) is 76.1 cm³/mol. The first-order chi connectivity index (χ1) is 9.86. The van der Waals surface area contributed by atoms with Crippen LogP contribution in [0, 0.1) is 12.8 Å². The number of nitrogens with zero attached hydrogens (tertiary/aromatic N) is 3. The molecule has 0 radical (unpaired) electrons. The summed E-state index contributed by atoms with van der Waals surface area (Å²) in [4.78, 5) is 15.9. The quantitative estimate of drug-likeness (QED) is 0.764. The van der Waals surface area contributed by atoms with Crippen LogP contribution in [0.15, 0.2) is 11.2 Å². The van der Waals surface area contributed by atoms with Gasteiger partial charge in [-0.05, 0) is 26.7 Å². The average molecular weight is 315 g/mol. The van der Waals surface area contributed by atoms with Gasteiger partial charge in [0.15, 0.2) is 5.03 Å². The zero-order chi connectivity index (χ0) is 15.6. The number of aromatic nitrogens is 2. The summed E-state index contributed by atoms with van der Waals surface area (Å²) in [5.74, 6) is -0.0830. The molecule has 0 spiro atoms. The summed E-state index contributed by atoms with van der Waals surface area (Å²) in [6.45, 7) is 4.37. The lowest BCUT2D eigenvalue weighted by Crippen LogP contribution is -2.42. The molecule has 21 heavy (non-hydrogen) atoms. The molecular weight excluding hydrogens is 294 g/mol. The minimum atomic E-state index is -3.65. The molecule has 1 atom stereocenters. The van der Waals surface area contributed by atoms with Gasteiger partial charge in [-0.2, -0.15) is 4.31 Å². The first kappa shape index (κ1) is 16.0. The standard InChI is InChI=1S/C13H21N3O4S/c1-4-20-13(17)11-6-5-7-16(8-11)21(18,19)12-9-15(3)10(2)14-12/h9,11H,4-8H2,1-3H3. The van der Waals surface area contributed by atoms with Crippen molar-refractivity contribution in [1.82, 2.24) is 13.9 Å². The molecule has 2 rings (SSSR count). The third-order valence-electron chi connectivity index (χ3n) is 3.69. The number of carbonyl (C=O) groups excluding carboxylic acids is 1. The van der Waals surface area contributed by atoms with Gasteiger partial charge in [-0.1, -0.05) is 0 Å². The molecule has 0 aromatic carbocycles. The Labute approximate surface area is 125 Å². The molecule has 1 aliphatic rings. The van der Waals surface area contributed by atoms with E-state index in [1.165, 1.54) is 10.5 Å². The van der Waals surface area contributed by atoms with E-state index in [1.54, 1.807) is 25.5 Å². The molecule has 1 aliphatic heterocycles. The first-order valence-corrected chi connectivity index (χ1v) is 8.47. The molecule has 1 saturated heterocycles. The monoisotopic (exact) mass is 315 g/mol. The first-order valence-electron chi connectivity index (χ1n) is 7.03. The van der Waals surface area contributed by atoms with Gasteiger partial charge in [-0.25, -0.2) is 13.4 Å². The second-order valence-corrected chi connectivity index (χ2v) is 7.08. The molecule has 0 saturated carbocycles. The van der Waals surface area contributed by atoms with Gasteiger partial charge in [0.1, 0.15) is 5.82 Å². The summed E-state index contributed by atoms with van der Waals surface area (Å²) in [6.07, 6.45) is 2.80. The maximum Gasteiger partial charge on any atom is 0.310 e. The van der Waals surface area contributed by atoms with E-state index in [-0.39, 0.29) is 17.5 Å². The number of hydrogen-bond donors (Lipinski definition) is 0. The fraction of sp³-hybridized carbons (Fsp3) is 0.692. The van der Waals surface area contributed by atoms with Gasteiger partial charge >= 0.3 is 5.97 Å². The van der Waals surface area contributed by atoms with Gasteiger partial charge in [0.25, 0.3) is 10.0 Å². The smallest absolute Gasteiger partial charge is 0.310 e. The van der Waals surface area contributed by atoms with Crippen molar-refractivity contribution in [1.29, 1.82) is 0 Å². The van der Waals surface area contributed by atoms with Crippen molar-refractivity contribution in [2.45, 2.75) is 31.7 Å². The molecule has 7 nitrogen and oxygen atoms in total. The Balaban J connectivity index is 2.18. The highest BCUT2D eigenvalue weighted by molar-refractivity contribution is 7.89. The molecule has 2 heterocycles. The highest BCUT2D eigenvalue weighted by Crippen LogP contribution is 2.24. The van der Waals surface area contributed by atoms with Gasteiger partial charge in [0.2, 0.25) is 0 Å². The second-order valence-electron chi connectivity index (χ2n) is 5.19. The lowest BCUT2D eigenvalue weighted by atomic mass is 10.0. The number of rotatable bonds is 4. The van der Waals surface area contributed by atoms with Crippen LogP contribution in [0.1, 0.15) is 25.6 Å². The highest BCUT2D eigenvalue weighted by Gasteiger charge is 2.35. The van der Waals surface area contributed by atoms with Crippen molar-refractivity contribution in [3.63, 3.8) is 0 Å². The van der Waals surface area contributed by atoms with Crippen LogP contribution in [0.2, 0.25) is 0 Å². The normalized spacial score (nSPS) is 20.4. The molecule has 1 aromatic heterocycles. The number of imidazole rings is 1. The molecule has 1 unspecified atom stereocenters. The maximum atomic E-state index is 12.6. The van der Waals surface area contributed by atoms with E-state index < -0.39 is 15.9 Å². The van der Waals surface area contributed by atoms with Crippen LogP contribution < -0.4 is 0 Å². The van der Waals surface area contributed by atoms with Crippen LogP contribution in [-0.4, -0.2) is 47.9 Å². The zero-order valence-electron chi connectivity index (χ0n) is 12.6. The summed E-state index contributed by atoms with van der Waals surface area (Å²) >= 11 is 0. The predicted octanol–water partition coefficient (Wildman–Crippen LogP) is 0.692. The molecule has 0 aliphatic carbocycles. The van der Waals surface area contributed by atoms with Crippen LogP contribution in [0.5, 0.6) is 0 Å². The molecule has 1 fully saturated rings. The van der Waals surface area contributed by atoms with Crippen LogP contribution >= 0.6 is 0 Å². The van der Waals surface area contributed by atoms with Crippen LogP contribution in [-0.2, 0) is 26.6 Å². The van der Waals surface area contributed by atoms with Crippen molar-refractivity contribution >= 4 is 16.0 Å². The third-order valence-corrected chi connectivity index (χ3v) is 5.43. The fourth-order valence-electron chi connectivity index (χ4n) is 2.40. The number of carbonyl (C=O) groups is 1. The topological polar surface area (TPSA) is 81.5 Å². The number of aryl methyl sites for hydroxylation is 2. The van der Waals surface area contributed by atoms with Crippen molar-refractivity contribution in [2.75, 3.05) is 19.7 Å². The zero-order valence-corrected chi connectivity index (χ0v) is 13.4. The summed E-state index contributed by atoms with van der Waals surface area (Å²) in [5, 5.41) is 0.0343. The van der Waals surface area contributed by atoms with Gasteiger partial charge in [-0.3, -0.25) is 4.79 Å². The van der Waals surface area contributed by atoms with Gasteiger partial charge in [0.05, 0.1) is 12.5 Å². The molecule has 8 heteroatoms. The fourth-order valence-corrected chi connectivity index (χ4v) is 3.95. The highest BCUT2D eigenvalue weighted by atomic mass is 32.2. The van der Waals surface area contributed by atoms with Crippen molar-refractivity contribution in [2.24, 2.45) is 13.0 Å². The van der Waals surface area contributed by atoms with E-state index in [0.29, 0.717) is 31.8 Å². The number of sulfonamides is 1.